The Morgan fingerprint density at radius 2 is 0.667 bits per heavy atom. The monoisotopic (exact) mass is 804 g/mol. The molecule has 0 aromatic carbocycles. The molecule has 2 unspecified atom stereocenters. The van der Waals surface area contributed by atoms with Gasteiger partial charge in [-0.1, -0.05) is 270 Å². The van der Waals surface area contributed by atoms with Crippen LogP contribution in [0.1, 0.15) is 303 Å². The van der Waals surface area contributed by atoms with E-state index in [2.05, 4.69) is 31.3 Å². The molecular formula is C53H105NO3. The van der Waals surface area contributed by atoms with Crippen LogP contribution in [0.5, 0.6) is 0 Å². The van der Waals surface area contributed by atoms with E-state index in [1.54, 1.807) is 0 Å². The summed E-state index contributed by atoms with van der Waals surface area (Å²) in [5.41, 5.74) is 0. The smallest absolute Gasteiger partial charge is 0.220 e. The number of unbranched alkanes of at least 4 members (excludes halogenated alkanes) is 40. The van der Waals surface area contributed by atoms with Crippen molar-refractivity contribution in [1.82, 2.24) is 5.32 Å². The first-order chi connectivity index (χ1) is 28.2. The minimum atomic E-state index is -0.660. The molecule has 0 bridgehead atoms. The van der Waals surface area contributed by atoms with Crippen LogP contribution in [0.3, 0.4) is 0 Å². The van der Waals surface area contributed by atoms with Crippen molar-refractivity contribution in [1.29, 1.82) is 0 Å². The summed E-state index contributed by atoms with van der Waals surface area (Å²) in [5, 5.41) is 23.2. The summed E-state index contributed by atoms with van der Waals surface area (Å²) in [6.07, 6.45) is 63.4. The van der Waals surface area contributed by atoms with Crippen LogP contribution in [0.2, 0.25) is 0 Å². The van der Waals surface area contributed by atoms with Gasteiger partial charge in [-0.25, -0.2) is 0 Å². The van der Waals surface area contributed by atoms with Crippen molar-refractivity contribution in [2.24, 2.45) is 0 Å². The Bertz CT molecular complexity index is 784. The first-order valence-corrected chi connectivity index (χ1v) is 26.4. The van der Waals surface area contributed by atoms with Gasteiger partial charge in [0.2, 0.25) is 5.91 Å². The van der Waals surface area contributed by atoms with E-state index in [4.69, 9.17) is 0 Å². The van der Waals surface area contributed by atoms with E-state index in [0.29, 0.717) is 12.8 Å². The number of amides is 1. The van der Waals surface area contributed by atoms with E-state index in [1.165, 1.54) is 250 Å². The van der Waals surface area contributed by atoms with Gasteiger partial charge in [0.05, 0.1) is 18.8 Å². The quantitative estimate of drug-likeness (QED) is 0.0424. The fourth-order valence-electron chi connectivity index (χ4n) is 8.48. The number of hydrogen-bond acceptors (Lipinski definition) is 3. The normalized spacial score (nSPS) is 12.8. The summed E-state index contributed by atoms with van der Waals surface area (Å²) in [7, 11) is 0. The van der Waals surface area contributed by atoms with E-state index < -0.39 is 12.1 Å². The Balaban J connectivity index is 3.39. The number of hydrogen-bond donors (Lipinski definition) is 3. The fraction of sp³-hybridized carbons (Fsp3) is 0.943. The van der Waals surface area contributed by atoms with Crippen molar-refractivity contribution in [2.45, 2.75) is 315 Å². The van der Waals surface area contributed by atoms with Crippen molar-refractivity contribution in [3.8, 4) is 0 Å². The van der Waals surface area contributed by atoms with E-state index in [1.807, 2.05) is 0 Å². The molecule has 0 saturated heterocycles. The zero-order valence-electron chi connectivity index (χ0n) is 39.1. The number of carbonyl (C=O) groups excluding carboxylic acids is 1. The van der Waals surface area contributed by atoms with Crippen LogP contribution in [-0.2, 0) is 4.79 Å². The maximum Gasteiger partial charge on any atom is 0.220 e. The minimum absolute atomic E-state index is 0.0362. The molecule has 0 spiro atoms. The summed E-state index contributed by atoms with van der Waals surface area (Å²) in [4.78, 5) is 12.4. The highest BCUT2D eigenvalue weighted by Gasteiger charge is 2.20. The third-order valence-corrected chi connectivity index (χ3v) is 12.5. The second-order valence-corrected chi connectivity index (χ2v) is 18.3. The zero-order chi connectivity index (χ0) is 41.4. The van der Waals surface area contributed by atoms with E-state index in [-0.39, 0.29) is 12.5 Å². The summed E-state index contributed by atoms with van der Waals surface area (Å²) >= 11 is 0. The SMILES string of the molecule is CCCCCCC/C=C\CCCCCCCC(=O)NC(CO)C(O)CCCCCCCCCCCCCCCCCCCCCCCCCCCCCCCCC. The van der Waals surface area contributed by atoms with Crippen LogP contribution >= 0.6 is 0 Å². The molecular weight excluding hydrogens is 699 g/mol. The van der Waals surface area contributed by atoms with Crippen LogP contribution in [0.15, 0.2) is 12.2 Å². The molecule has 0 rings (SSSR count). The summed E-state index contributed by atoms with van der Waals surface area (Å²) in [6, 6.07) is -0.538. The Morgan fingerprint density at radius 3 is 0.965 bits per heavy atom. The average Bonchev–Trinajstić information content (AvgIpc) is 3.22. The maximum absolute atomic E-state index is 12.4. The van der Waals surface area contributed by atoms with Crippen LogP contribution in [-0.4, -0.2) is 34.9 Å². The van der Waals surface area contributed by atoms with Gasteiger partial charge < -0.3 is 15.5 Å². The topological polar surface area (TPSA) is 69.6 Å². The van der Waals surface area contributed by atoms with Gasteiger partial charge in [0.15, 0.2) is 0 Å². The predicted octanol–water partition coefficient (Wildman–Crippen LogP) is 17.0. The van der Waals surface area contributed by atoms with Gasteiger partial charge in [-0.2, -0.15) is 0 Å². The van der Waals surface area contributed by atoms with Crippen molar-refractivity contribution in [3.05, 3.63) is 12.2 Å². The minimum Gasteiger partial charge on any atom is -0.394 e. The Hall–Kier alpha value is -0.870. The summed E-state index contributed by atoms with van der Waals surface area (Å²) in [6.45, 7) is 4.37. The van der Waals surface area contributed by atoms with Gasteiger partial charge in [-0.15, -0.1) is 0 Å². The molecule has 340 valence electrons. The maximum atomic E-state index is 12.4. The highest BCUT2D eigenvalue weighted by molar-refractivity contribution is 5.76. The number of nitrogens with one attached hydrogen (secondary N) is 1. The van der Waals surface area contributed by atoms with Gasteiger partial charge in [0.1, 0.15) is 0 Å². The molecule has 0 aromatic heterocycles. The zero-order valence-corrected chi connectivity index (χ0v) is 39.1. The molecule has 0 aliphatic rings. The van der Waals surface area contributed by atoms with Gasteiger partial charge in [-0.05, 0) is 38.5 Å². The van der Waals surface area contributed by atoms with Crippen molar-refractivity contribution < 1.29 is 15.0 Å². The van der Waals surface area contributed by atoms with Gasteiger partial charge in [0.25, 0.3) is 0 Å². The molecule has 3 N–H and O–H groups in total. The second-order valence-electron chi connectivity index (χ2n) is 18.3. The molecule has 57 heavy (non-hydrogen) atoms. The van der Waals surface area contributed by atoms with Gasteiger partial charge in [-0.3, -0.25) is 4.79 Å². The van der Waals surface area contributed by atoms with Crippen LogP contribution < -0.4 is 5.32 Å². The number of rotatable bonds is 49. The molecule has 2 atom stereocenters. The number of aliphatic hydroxyl groups excluding tert-OH is 2. The van der Waals surface area contributed by atoms with Crippen molar-refractivity contribution >= 4 is 5.91 Å². The molecule has 4 heteroatoms. The van der Waals surface area contributed by atoms with Crippen LogP contribution in [0, 0.1) is 0 Å². The first kappa shape index (κ1) is 56.1. The second kappa shape index (κ2) is 49.5. The largest absolute Gasteiger partial charge is 0.394 e. The number of allylic oxidation sites excluding steroid dienone is 2. The number of aliphatic hydroxyl groups is 2. The molecule has 0 aliphatic carbocycles. The van der Waals surface area contributed by atoms with Crippen LogP contribution in [0.4, 0.5) is 0 Å². The molecule has 0 heterocycles. The Morgan fingerprint density at radius 1 is 0.404 bits per heavy atom. The standard InChI is InChI=1S/C53H105NO3/c1-3-5-7-9-11-13-15-17-19-20-21-22-23-24-25-26-27-28-29-30-31-32-33-34-35-36-38-40-42-44-46-48-52(56)51(50-55)54-53(57)49-47-45-43-41-39-37-18-16-14-12-10-8-6-4-2/h16,18,51-52,55-56H,3-15,17,19-50H2,1-2H3,(H,54,57)/b18-16-. The molecule has 0 aliphatic heterocycles. The fourth-order valence-corrected chi connectivity index (χ4v) is 8.48. The molecule has 0 saturated carbocycles. The molecule has 4 nitrogen and oxygen atoms in total. The summed E-state index contributed by atoms with van der Waals surface area (Å²) in [5.74, 6) is -0.0362. The van der Waals surface area contributed by atoms with Crippen molar-refractivity contribution in [2.75, 3.05) is 6.61 Å². The average molecular weight is 804 g/mol. The summed E-state index contributed by atoms with van der Waals surface area (Å²) < 4.78 is 0. The lowest BCUT2D eigenvalue weighted by molar-refractivity contribution is -0.123. The Kier molecular flexibility index (Phi) is 48.7. The van der Waals surface area contributed by atoms with Crippen molar-refractivity contribution in [3.63, 3.8) is 0 Å². The highest BCUT2D eigenvalue weighted by Crippen LogP contribution is 2.18. The number of carbonyl (C=O) groups is 1. The van der Waals surface area contributed by atoms with E-state index in [0.717, 1.165) is 25.7 Å². The third-order valence-electron chi connectivity index (χ3n) is 12.5. The lowest BCUT2D eigenvalue weighted by Gasteiger charge is -2.22. The van der Waals surface area contributed by atoms with Crippen LogP contribution in [0.25, 0.3) is 0 Å². The first-order valence-electron chi connectivity index (χ1n) is 26.4. The third kappa shape index (κ3) is 46.1. The molecule has 0 aromatic rings. The van der Waals surface area contributed by atoms with Gasteiger partial charge >= 0.3 is 0 Å². The van der Waals surface area contributed by atoms with Gasteiger partial charge in [0, 0.05) is 6.42 Å². The lowest BCUT2D eigenvalue weighted by Crippen LogP contribution is -2.45. The Labute approximate surface area is 358 Å². The molecule has 0 radical (unpaired) electrons. The highest BCUT2D eigenvalue weighted by atomic mass is 16.3. The molecule has 0 fully saturated rings. The molecule has 1 amide bonds. The van der Waals surface area contributed by atoms with E-state index >= 15 is 0 Å². The van der Waals surface area contributed by atoms with E-state index in [9.17, 15) is 15.0 Å². The lowest BCUT2D eigenvalue weighted by atomic mass is 10.0. The predicted molar refractivity (Wildman–Crippen MR) is 253 cm³/mol.